The summed E-state index contributed by atoms with van der Waals surface area (Å²) in [5.41, 5.74) is 0.507. The fourth-order valence-electron chi connectivity index (χ4n) is 4.80. The van der Waals surface area contributed by atoms with Crippen LogP contribution >= 0.6 is 23.2 Å². The lowest BCUT2D eigenvalue weighted by Gasteiger charge is -2.40. The standard InChI is InChI=1S/C27H29Cl2N3O5/c1-27(2,37-23-8-7-19(28)13-21(23)29)26(36)32-14-18-6-4-3-5-16(18)12-22(32)25(35)31-20(15-33)11-17-9-10-30-24(17)34/h3-8,13,15,17,20,22H,9-12,14H2,1-2H3,(H,30,34)(H,31,35)/t17-,20-,22?/m0/s1. The molecule has 3 amide bonds. The first-order valence-electron chi connectivity index (χ1n) is 12.1. The lowest BCUT2D eigenvalue weighted by atomic mass is 9.91. The van der Waals surface area contributed by atoms with Crippen LogP contribution in [-0.4, -0.2) is 53.1 Å². The van der Waals surface area contributed by atoms with Gasteiger partial charge in [-0.25, -0.2) is 0 Å². The van der Waals surface area contributed by atoms with Crippen molar-refractivity contribution in [2.75, 3.05) is 6.54 Å². The molecule has 0 spiro atoms. The van der Waals surface area contributed by atoms with Crippen LogP contribution in [-0.2, 0) is 32.1 Å². The van der Waals surface area contributed by atoms with Crippen molar-refractivity contribution < 1.29 is 23.9 Å². The number of hydrogen-bond donors (Lipinski definition) is 2. The molecule has 196 valence electrons. The zero-order valence-electron chi connectivity index (χ0n) is 20.6. The molecule has 3 atom stereocenters. The number of carbonyl (C=O) groups is 4. The molecule has 8 nitrogen and oxygen atoms in total. The lowest BCUT2D eigenvalue weighted by molar-refractivity contribution is -0.153. The van der Waals surface area contributed by atoms with Crippen LogP contribution in [0, 0.1) is 5.92 Å². The topological polar surface area (TPSA) is 105 Å². The van der Waals surface area contributed by atoms with E-state index in [4.69, 9.17) is 27.9 Å². The van der Waals surface area contributed by atoms with E-state index in [0.717, 1.165) is 11.1 Å². The smallest absolute Gasteiger partial charge is 0.267 e. The highest BCUT2D eigenvalue weighted by Gasteiger charge is 2.43. The number of rotatable bonds is 8. The summed E-state index contributed by atoms with van der Waals surface area (Å²) in [4.78, 5) is 52.5. The SMILES string of the molecule is CC(C)(Oc1ccc(Cl)cc1Cl)C(=O)N1Cc2ccccc2CC1C(=O)N[C@H](C=O)C[C@@H]1CCNC1=O. The van der Waals surface area contributed by atoms with E-state index in [1.807, 2.05) is 24.3 Å². The fourth-order valence-corrected chi connectivity index (χ4v) is 5.24. The molecular weight excluding hydrogens is 517 g/mol. The maximum atomic E-state index is 13.8. The van der Waals surface area contributed by atoms with E-state index in [1.165, 1.54) is 11.0 Å². The second kappa shape index (κ2) is 11.1. The molecule has 2 heterocycles. The Balaban J connectivity index is 1.56. The molecular formula is C27H29Cl2N3O5. The average molecular weight is 546 g/mol. The Bertz CT molecular complexity index is 1220. The normalized spacial score (nSPS) is 20.0. The number of nitrogens with one attached hydrogen (secondary N) is 2. The highest BCUT2D eigenvalue weighted by atomic mass is 35.5. The van der Waals surface area contributed by atoms with Crippen LogP contribution in [0.3, 0.4) is 0 Å². The van der Waals surface area contributed by atoms with Crippen molar-refractivity contribution in [2.24, 2.45) is 5.92 Å². The zero-order valence-corrected chi connectivity index (χ0v) is 22.1. The van der Waals surface area contributed by atoms with Crippen LogP contribution in [0.5, 0.6) is 5.75 Å². The van der Waals surface area contributed by atoms with Crippen molar-refractivity contribution in [3.05, 3.63) is 63.6 Å². The number of aldehydes is 1. The first kappa shape index (κ1) is 26.9. The number of halogens is 2. The number of amides is 3. The van der Waals surface area contributed by atoms with Gasteiger partial charge in [0.05, 0.1) is 11.1 Å². The van der Waals surface area contributed by atoms with E-state index < -0.39 is 29.5 Å². The third kappa shape index (κ3) is 6.08. The van der Waals surface area contributed by atoms with E-state index >= 15 is 0 Å². The predicted molar refractivity (Wildman–Crippen MR) is 139 cm³/mol. The molecule has 0 aliphatic carbocycles. The van der Waals surface area contributed by atoms with Crippen molar-refractivity contribution in [1.82, 2.24) is 15.5 Å². The number of hydrogen-bond acceptors (Lipinski definition) is 5. The second-order valence-corrected chi connectivity index (χ2v) is 10.7. The number of carbonyl (C=O) groups excluding carboxylic acids is 4. The minimum absolute atomic E-state index is 0.121. The van der Waals surface area contributed by atoms with Gasteiger partial charge in [0.15, 0.2) is 5.60 Å². The molecule has 0 bridgehead atoms. The van der Waals surface area contributed by atoms with Gasteiger partial charge in [0.1, 0.15) is 18.1 Å². The first-order chi connectivity index (χ1) is 17.6. The van der Waals surface area contributed by atoms with Gasteiger partial charge in [-0.15, -0.1) is 0 Å². The van der Waals surface area contributed by atoms with Crippen LogP contribution < -0.4 is 15.4 Å². The predicted octanol–water partition coefficient (Wildman–Crippen LogP) is 3.31. The first-order valence-corrected chi connectivity index (χ1v) is 12.9. The zero-order chi connectivity index (χ0) is 26.7. The summed E-state index contributed by atoms with van der Waals surface area (Å²) in [6.07, 6.45) is 1.74. The fraction of sp³-hybridized carbons (Fsp3) is 0.407. The van der Waals surface area contributed by atoms with E-state index in [2.05, 4.69) is 10.6 Å². The van der Waals surface area contributed by atoms with E-state index in [0.29, 0.717) is 30.0 Å². The lowest BCUT2D eigenvalue weighted by Crippen LogP contribution is -2.59. The number of nitrogens with zero attached hydrogens (tertiary/aromatic N) is 1. The van der Waals surface area contributed by atoms with Gasteiger partial charge in [-0.1, -0.05) is 47.5 Å². The van der Waals surface area contributed by atoms with Gasteiger partial charge in [0.2, 0.25) is 11.8 Å². The molecule has 1 saturated heterocycles. The summed E-state index contributed by atoms with van der Waals surface area (Å²) in [5.74, 6) is -1.04. The van der Waals surface area contributed by atoms with Crippen LogP contribution in [0.15, 0.2) is 42.5 Å². The van der Waals surface area contributed by atoms with Crippen molar-refractivity contribution in [2.45, 2.75) is 57.3 Å². The molecule has 0 radical (unpaired) electrons. The van der Waals surface area contributed by atoms with Gasteiger partial charge in [-0.05, 0) is 56.0 Å². The number of ether oxygens (including phenoxy) is 1. The Hall–Kier alpha value is -3.10. The molecule has 1 unspecified atom stereocenters. The van der Waals surface area contributed by atoms with E-state index in [9.17, 15) is 19.2 Å². The van der Waals surface area contributed by atoms with Gasteiger partial charge in [-0.2, -0.15) is 0 Å². The monoisotopic (exact) mass is 545 g/mol. The third-order valence-corrected chi connectivity index (χ3v) is 7.31. The third-order valence-electron chi connectivity index (χ3n) is 6.78. The molecule has 10 heteroatoms. The summed E-state index contributed by atoms with van der Waals surface area (Å²) < 4.78 is 6.01. The summed E-state index contributed by atoms with van der Waals surface area (Å²) in [6, 6.07) is 10.6. The molecule has 2 aliphatic rings. The summed E-state index contributed by atoms with van der Waals surface area (Å²) >= 11 is 12.2. The Labute approximate surface area is 225 Å². The average Bonchev–Trinajstić information content (AvgIpc) is 3.27. The highest BCUT2D eigenvalue weighted by Crippen LogP contribution is 2.33. The van der Waals surface area contributed by atoms with E-state index in [1.54, 1.807) is 26.0 Å². The molecule has 2 aromatic carbocycles. The Morgan fingerprint density at radius 1 is 1.22 bits per heavy atom. The van der Waals surface area contributed by atoms with Crippen LogP contribution in [0.2, 0.25) is 10.0 Å². The maximum Gasteiger partial charge on any atom is 0.267 e. The molecule has 2 N–H and O–H groups in total. The summed E-state index contributed by atoms with van der Waals surface area (Å²) in [7, 11) is 0. The minimum Gasteiger partial charge on any atom is -0.476 e. The molecule has 0 saturated carbocycles. The van der Waals surface area contributed by atoms with Crippen molar-refractivity contribution >= 4 is 47.2 Å². The molecule has 37 heavy (non-hydrogen) atoms. The van der Waals surface area contributed by atoms with Crippen LogP contribution in [0.4, 0.5) is 0 Å². The van der Waals surface area contributed by atoms with Crippen LogP contribution in [0.1, 0.15) is 37.8 Å². The van der Waals surface area contributed by atoms with Crippen molar-refractivity contribution in [3.8, 4) is 5.75 Å². The van der Waals surface area contributed by atoms with Gasteiger partial charge in [0, 0.05) is 30.5 Å². The van der Waals surface area contributed by atoms with E-state index in [-0.39, 0.29) is 36.2 Å². The molecule has 1 fully saturated rings. The van der Waals surface area contributed by atoms with Gasteiger partial charge in [0.25, 0.3) is 5.91 Å². The van der Waals surface area contributed by atoms with Gasteiger partial charge >= 0.3 is 0 Å². The molecule has 2 aliphatic heterocycles. The quantitative estimate of drug-likeness (QED) is 0.495. The van der Waals surface area contributed by atoms with Gasteiger partial charge < -0.3 is 25.1 Å². The maximum absolute atomic E-state index is 13.8. The highest BCUT2D eigenvalue weighted by molar-refractivity contribution is 6.35. The van der Waals surface area contributed by atoms with Crippen molar-refractivity contribution in [3.63, 3.8) is 0 Å². The summed E-state index contributed by atoms with van der Waals surface area (Å²) in [5, 5.41) is 6.20. The molecule has 2 aromatic rings. The van der Waals surface area contributed by atoms with Gasteiger partial charge in [-0.3, -0.25) is 14.4 Å². The Morgan fingerprint density at radius 3 is 2.59 bits per heavy atom. The summed E-state index contributed by atoms with van der Waals surface area (Å²) in [6.45, 7) is 3.98. The second-order valence-electron chi connectivity index (χ2n) is 9.87. The largest absolute Gasteiger partial charge is 0.476 e. The number of benzene rings is 2. The number of fused-ring (bicyclic) bond motifs is 1. The van der Waals surface area contributed by atoms with Crippen molar-refractivity contribution in [1.29, 1.82) is 0 Å². The molecule has 0 aromatic heterocycles. The van der Waals surface area contributed by atoms with Crippen LogP contribution in [0.25, 0.3) is 0 Å². The minimum atomic E-state index is -1.37. The Morgan fingerprint density at radius 2 is 1.95 bits per heavy atom. The molecule has 4 rings (SSSR count). The Kier molecular flexibility index (Phi) is 8.09.